The predicted molar refractivity (Wildman–Crippen MR) is 89.7 cm³/mol. The van der Waals surface area contributed by atoms with Gasteiger partial charge < -0.3 is 9.88 Å². The summed E-state index contributed by atoms with van der Waals surface area (Å²) >= 11 is 5.48. The van der Waals surface area contributed by atoms with Crippen LogP contribution in [0.25, 0.3) is 11.0 Å². The molecule has 0 atom stereocenters. The van der Waals surface area contributed by atoms with Crippen LogP contribution in [0, 0.1) is 5.82 Å². The number of rotatable bonds is 1. The maximum absolute atomic E-state index is 13.0. The van der Waals surface area contributed by atoms with Gasteiger partial charge in [0.05, 0.1) is 11.0 Å². The quantitative estimate of drug-likeness (QED) is 0.698. The molecule has 2 heterocycles. The maximum atomic E-state index is 13.0. The molecule has 1 aromatic heterocycles. The fourth-order valence-electron chi connectivity index (χ4n) is 2.71. The van der Waals surface area contributed by atoms with E-state index >= 15 is 0 Å². The molecule has 3 aromatic rings. The molecule has 22 heavy (non-hydrogen) atoms. The van der Waals surface area contributed by atoms with E-state index in [1.807, 2.05) is 23.1 Å². The number of hydrogen-bond donors (Lipinski definition) is 1. The molecule has 0 amide bonds. The molecular weight excluding hydrogens is 299 g/mol. The van der Waals surface area contributed by atoms with Gasteiger partial charge in [-0.2, -0.15) is 0 Å². The van der Waals surface area contributed by atoms with Crippen LogP contribution < -0.4 is 10.2 Å². The molecule has 0 fully saturated rings. The van der Waals surface area contributed by atoms with Gasteiger partial charge in [-0.1, -0.05) is 12.1 Å². The number of nitrogens with zero attached hydrogens (tertiary/aromatic N) is 3. The highest BCUT2D eigenvalue weighted by Crippen LogP contribution is 2.27. The smallest absolute Gasteiger partial charge is 0.213 e. The first-order chi connectivity index (χ1) is 10.7. The number of imidazole rings is 1. The van der Waals surface area contributed by atoms with E-state index in [1.54, 1.807) is 12.1 Å². The normalized spacial score (nSPS) is 13.4. The number of fused-ring (bicyclic) bond motifs is 3. The number of anilines is 2. The largest absolute Gasteiger partial charge is 0.332 e. The highest BCUT2D eigenvalue weighted by Gasteiger charge is 2.26. The van der Waals surface area contributed by atoms with E-state index in [2.05, 4.69) is 20.9 Å². The lowest BCUT2D eigenvalue weighted by Gasteiger charge is -2.18. The molecule has 0 saturated carbocycles. The lowest BCUT2D eigenvalue weighted by Crippen LogP contribution is -2.33. The van der Waals surface area contributed by atoms with E-state index in [9.17, 15) is 4.39 Å². The fourth-order valence-corrected chi connectivity index (χ4v) is 3.00. The SMILES string of the molecule is Fc1ccc(NC(=S)N2CCn3c2nc2ccccc23)cc1. The molecule has 110 valence electrons. The van der Waals surface area contributed by atoms with E-state index in [4.69, 9.17) is 12.2 Å². The first-order valence-electron chi connectivity index (χ1n) is 7.02. The van der Waals surface area contributed by atoms with Gasteiger partial charge in [0.1, 0.15) is 5.82 Å². The standard InChI is InChI=1S/C16H13FN4S/c17-11-5-7-12(8-6-11)18-16(22)21-10-9-20-14-4-2-1-3-13(14)19-15(20)21/h1-8H,9-10H2,(H,18,22). The number of hydrogen-bond acceptors (Lipinski definition) is 2. The summed E-state index contributed by atoms with van der Waals surface area (Å²) in [5.74, 6) is 0.584. The number of nitrogens with one attached hydrogen (secondary N) is 1. The number of halogens is 1. The minimum Gasteiger partial charge on any atom is -0.332 e. The number of thiocarbonyl (C=S) groups is 1. The number of aromatic nitrogens is 2. The zero-order valence-electron chi connectivity index (χ0n) is 11.7. The first kappa shape index (κ1) is 13.2. The Labute approximate surface area is 132 Å². The van der Waals surface area contributed by atoms with Crippen molar-refractivity contribution in [1.82, 2.24) is 9.55 Å². The van der Waals surface area contributed by atoms with Crippen molar-refractivity contribution in [3.8, 4) is 0 Å². The highest BCUT2D eigenvalue weighted by atomic mass is 32.1. The molecule has 0 aliphatic carbocycles. The van der Waals surface area contributed by atoms with Crippen LogP contribution in [0.3, 0.4) is 0 Å². The Bertz CT molecular complexity index is 856. The van der Waals surface area contributed by atoms with Crippen LogP contribution >= 0.6 is 12.2 Å². The van der Waals surface area contributed by atoms with Crippen LogP contribution in [0.4, 0.5) is 16.0 Å². The average molecular weight is 312 g/mol. The minimum absolute atomic E-state index is 0.264. The lowest BCUT2D eigenvalue weighted by atomic mass is 10.3. The first-order valence-corrected chi connectivity index (χ1v) is 7.42. The monoisotopic (exact) mass is 312 g/mol. The molecule has 0 unspecified atom stereocenters. The van der Waals surface area contributed by atoms with Gasteiger partial charge in [-0.05, 0) is 48.6 Å². The molecule has 1 aliphatic rings. The van der Waals surface area contributed by atoms with Gasteiger partial charge in [-0.25, -0.2) is 9.37 Å². The summed E-state index contributed by atoms with van der Waals surface area (Å²) in [6, 6.07) is 14.2. The Balaban J connectivity index is 1.62. The average Bonchev–Trinajstić information content (AvgIpc) is 3.08. The third kappa shape index (κ3) is 2.12. The topological polar surface area (TPSA) is 33.1 Å². The van der Waals surface area contributed by atoms with Crippen LogP contribution in [0.15, 0.2) is 48.5 Å². The molecule has 0 radical (unpaired) electrons. The third-order valence-electron chi connectivity index (χ3n) is 3.76. The zero-order chi connectivity index (χ0) is 15.1. The molecule has 2 aromatic carbocycles. The molecule has 0 bridgehead atoms. The van der Waals surface area contributed by atoms with Crippen LogP contribution in [0.5, 0.6) is 0 Å². The van der Waals surface area contributed by atoms with Gasteiger partial charge in [-0.15, -0.1) is 0 Å². The van der Waals surface area contributed by atoms with Gasteiger partial charge in [0, 0.05) is 18.8 Å². The van der Waals surface area contributed by atoms with Crippen molar-refractivity contribution in [3.63, 3.8) is 0 Å². The van der Waals surface area contributed by atoms with Crippen molar-refractivity contribution in [1.29, 1.82) is 0 Å². The Morgan fingerprint density at radius 1 is 1.09 bits per heavy atom. The molecule has 0 saturated heterocycles. The number of benzene rings is 2. The zero-order valence-corrected chi connectivity index (χ0v) is 12.5. The van der Waals surface area contributed by atoms with E-state index in [1.165, 1.54) is 12.1 Å². The summed E-state index contributed by atoms with van der Waals surface area (Å²) in [7, 11) is 0. The second-order valence-electron chi connectivity index (χ2n) is 5.14. The second kappa shape index (κ2) is 5.06. The molecule has 1 aliphatic heterocycles. The summed E-state index contributed by atoms with van der Waals surface area (Å²) in [4.78, 5) is 6.62. The molecular formula is C16H13FN4S. The summed E-state index contributed by atoms with van der Waals surface area (Å²) < 4.78 is 15.1. The van der Waals surface area contributed by atoms with Crippen molar-refractivity contribution in [2.75, 3.05) is 16.8 Å². The van der Waals surface area contributed by atoms with Crippen molar-refractivity contribution in [3.05, 3.63) is 54.3 Å². The molecule has 4 rings (SSSR count). The van der Waals surface area contributed by atoms with Crippen LogP contribution in [-0.4, -0.2) is 21.2 Å². The predicted octanol–water partition coefficient (Wildman–Crippen LogP) is 3.39. The fraction of sp³-hybridized carbons (Fsp3) is 0.125. The highest BCUT2D eigenvalue weighted by molar-refractivity contribution is 7.80. The third-order valence-corrected chi connectivity index (χ3v) is 4.09. The van der Waals surface area contributed by atoms with Crippen molar-refractivity contribution in [2.45, 2.75) is 6.54 Å². The second-order valence-corrected chi connectivity index (χ2v) is 5.53. The summed E-state index contributed by atoms with van der Waals surface area (Å²) in [6.07, 6.45) is 0. The van der Waals surface area contributed by atoms with Crippen LogP contribution in [-0.2, 0) is 6.54 Å². The maximum Gasteiger partial charge on any atom is 0.213 e. The number of para-hydroxylation sites is 2. The van der Waals surface area contributed by atoms with Crippen LogP contribution in [0.2, 0.25) is 0 Å². The Kier molecular flexibility index (Phi) is 3.04. The van der Waals surface area contributed by atoms with Crippen molar-refractivity contribution < 1.29 is 4.39 Å². The summed E-state index contributed by atoms with van der Waals surface area (Å²) in [6.45, 7) is 1.63. The van der Waals surface area contributed by atoms with Gasteiger partial charge in [0.25, 0.3) is 0 Å². The molecule has 0 spiro atoms. The van der Waals surface area contributed by atoms with E-state index in [0.717, 1.165) is 35.8 Å². The van der Waals surface area contributed by atoms with E-state index < -0.39 is 0 Å². The molecule has 1 N–H and O–H groups in total. The summed E-state index contributed by atoms with van der Waals surface area (Å²) in [5, 5.41) is 3.70. The minimum atomic E-state index is -0.264. The Morgan fingerprint density at radius 3 is 2.68 bits per heavy atom. The van der Waals surface area contributed by atoms with E-state index in [-0.39, 0.29) is 5.82 Å². The van der Waals surface area contributed by atoms with E-state index in [0.29, 0.717) is 5.11 Å². The van der Waals surface area contributed by atoms with Crippen molar-refractivity contribution in [2.24, 2.45) is 0 Å². The summed E-state index contributed by atoms with van der Waals surface area (Å²) in [5.41, 5.74) is 2.84. The van der Waals surface area contributed by atoms with Gasteiger partial charge >= 0.3 is 0 Å². The van der Waals surface area contributed by atoms with Crippen molar-refractivity contribution >= 4 is 40.0 Å². The molecule has 4 nitrogen and oxygen atoms in total. The van der Waals surface area contributed by atoms with Gasteiger partial charge in [0.2, 0.25) is 5.95 Å². The Hall–Kier alpha value is -2.47. The van der Waals surface area contributed by atoms with Gasteiger partial charge in [-0.3, -0.25) is 4.90 Å². The van der Waals surface area contributed by atoms with Gasteiger partial charge in [0.15, 0.2) is 5.11 Å². The Morgan fingerprint density at radius 2 is 1.86 bits per heavy atom. The van der Waals surface area contributed by atoms with Crippen LogP contribution in [0.1, 0.15) is 0 Å². The lowest BCUT2D eigenvalue weighted by molar-refractivity contribution is 0.628. The molecule has 6 heteroatoms.